The first-order chi connectivity index (χ1) is 11.8. The summed E-state index contributed by atoms with van der Waals surface area (Å²) in [5, 5.41) is 5.76. The molecular weight excluding hydrogens is 300 g/mol. The molecule has 6 heteroatoms. The molecule has 0 spiro atoms. The van der Waals surface area contributed by atoms with E-state index < -0.39 is 0 Å². The fourth-order valence-corrected chi connectivity index (χ4v) is 3.67. The Balaban J connectivity index is 1.60. The molecule has 1 fully saturated rings. The molecule has 1 saturated heterocycles. The van der Waals surface area contributed by atoms with Crippen LogP contribution in [0, 0.1) is 5.92 Å². The average molecular weight is 324 g/mol. The molecule has 0 amide bonds. The van der Waals surface area contributed by atoms with Gasteiger partial charge in [0.25, 0.3) is 0 Å². The van der Waals surface area contributed by atoms with Crippen molar-refractivity contribution < 1.29 is 0 Å². The second-order valence-corrected chi connectivity index (χ2v) is 6.59. The number of aromatic amines is 1. The van der Waals surface area contributed by atoms with Crippen LogP contribution in [0.15, 0.2) is 24.5 Å². The van der Waals surface area contributed by atoms with E-state index in [-0.39, 0.29) is 0 Å². The fraction of sp³-hybridized carbons (Fsp3) is 0.444. The maximum Gasteiger partial charge on any atom is 0.147 e. The zero-order chi connectivity index (χ0) is 16.5. The molecule has 1 aliphatic rings. The van der Waals surface area contributed by atoms with Crippen LogP contribution in [0.3, 0.4) is 0 Å². The van der Waals surface area contributed by atoms with E-state index in [2.05, 4.69) is 38.2 Å². The van der Waals surface area contributed by atoms with Gasteiger partial charge in [0.2, 0.25) is 0 Å². The largest absolute Gasteiger partial charge is 0.382 e. The van der Waals surface area contributed by atoms with Crippen LogP contribution in [0.4, 0.5) is 11.5 Å². The Labute approximate surface area is 141 Å². The number of nitrogen functional groups attached to an aromatic ring is 1. The highest BCUT2D eigenvalue weighted by molar-refractivity contribution is 6.14. The predicted octanol–water partition coefficient (Wildman–Crippen LogP) is 2.84. The third-order valence-corrected chi connectivity index (χ3v) is 5.16. The van der Waals surface area contributed by atoms with Gasteiger partial charge < -0.3 is 20.9 Å². The van der Waals surface area contributed by atoms with Crippen molar-refractivity contribution in [2.45, 2.75) is 19.8 Å². The van der Waals surface area contributed by atoms with Gasteiger partial charge in [0.1, 0.15) is 11.5 Å². The summed E-state index contributed by atoms with van der Waals surface area (Å²) in [5.74, 6) is 1.24. The first kappa shape index (κ1) is 15.2. The maximum atomic E-state index is 6.18. The Kier molecular flexibility index (Phi) is 3.98. The number of fused-ring (bicyclic) bond motifs is 3. The van der Waals surface area contributed by atoms with E-state index in [0.29, 0.717) is 11.7 Å². The van der Waals surface area contributed by atoms with E-state index in [1.807, 2.05) is 6.07 Å². The van der Waals surface area contributed by atoms with Crippen molar-refractivity contribution >= 4 is 33.4 Å². The van der Waals surface area contributed by atoms with Crippen LogP contribution in [-0.2, 0) is 0 Å². The molecule has 4 heterocycles. The summed E-state index contributed by atoms with van der Waals surface area (Å²) in [6.45, 7) is 6.71. The van der Waals surface area contributed by atoms with Crippen LogP contribution in [0.5, 0.6) is 0 Å². The highest BCUT2D eigenvalue weighted by atomic mass is 15.1. The smallest absolute Gasteiger partial charge is 0.147 e. The number of aromatic nitrogens is 3. The summed E-state index contributed by atoms with van der Waals surface area (Å²) >= 11 is 0. The van der Waals surface area contributed by atoms with Crippen molar-refractivity contribution in [3.8, 4) is 0 Å². The number of piperidine rings is 1. The molecule has 0 atom stereocenters. The number of rotatable bonds is 4. The van der Waals surface area contributed by atoms with Crippen LogP contribution >= 0.6 is 0 Å². The van der Waals surface area contributed by atoms with Crippen molar-refractivity contribution in [2.24, 2.45) is 5.92 Å². The number of nitrogens with one attached hydrogen (secondary N) is 2. The monoisotopic (exact) mass is 324 g/mol. The number of H-pyrrole nitrogens is 1. The normalized spacial score (nSPS) is 16.9. The van der Waals surface area contributed by atoms with Gasteiger partial charge in [-0.15, -0.1) is 0 Å². The first-order valence-corrected chi connectivity index (χ1v) is 8.73. The molecule has 0 bridgehead atoms. The summed E-state index contributed by atoms with van der Waals surface area (Å²) < 4.78 is 0. The lowest BCUT2D eigenvalue weighted by Gasteiger charge is -2.31. The molecule has 126 valence electrons. The van der Waals surface area contributed by atoms with Crippen LogP contribution in [0.25, 0.3) is 21.9 Å². The van der Waals surface area contributed by atoms with E-state index in [1.54, 1.807) is 12.4 Å². The summed E-state index contributed by atoms with van der Waals surface area (Å²) in [4.78, 5) is 14.6. The van der Waals surface area contributed by atoms with Gasteiger partial charge in [-0.2, -0.15) is 0 Å². The maximum absolute atomic E-state index is 6.18. The van der Waals surface area contributed by atoms with Gasteiger partial charge in [0, 0.05) is 23.5 Å². The Morgan fingerprint density at radius 2 is 2.17 bits per heavy atom. The fourth-order valence-electron chi connectivity index (χ4n) is 3.67. The number of likely N-dealkylation sites (tertiary alicyclic amines) is 1. The van der Waals surface area contributed by atoms with Gasteiger partial charge in [-0.05, 0) is 50.5 Å². The van der Waals surface area contributed by atoms with Crippen LogP contribution < -0.4 is 11.1 Å². The molecule has 4 rings (SSSR count). The summed E-state index contributed by atoms with van der Waals surface area (Å²) in [6.07, 6.45) is 6.06. The van der Waals surface area contributed by atoms with Gasteiger partial charge in [-0.1, -0.05) is 6.92 Å². The Hall–Kier alpha value is -2.34. The second kappa shape index (κ2) is 6.28. The zero-order valence-electron chi connectivity index (χ0n) is 14.0. The van der Waals surface area contributed by atoms with E-state index >= 15 is 0 Å². The summed E-state index contributed by atoms with van der Waals surface area (Å²) in [7, 11) is 0. The van der Waals surface area contributed by atoms with Crippen LogP contribution in [-0.4, -0.2) is 46.0 Å². The van der Waals surface area contributed by atoms with E-state index in [9.17, 15) is 0 Å². The predicted molar refractivity (Wildman–Crippen MR) is 99.1 cm³/mol. The van der Waals surface area contributed by atoms with E-state index in [0.717, 1.165) is 40.7 Å². The van der Waals surface area contributed by atoms with Gasteiger partial charge in [-0.25, -0.2) is 9.97 Å². The van der Waals surface area contributed by atoms with Crippen molar-refractivity contribution in [1.29, 1.82) is 0 Å². The molecule has 1 aliphatic heterocycles. The summed E-state index contributed by atoms with van der Waals surface area (Å²) in [6, 6.07) is 4.03. The second-order valence-electron chi connectivity index (χ2n) is 6.59. The minimum Gasteiger partial charge on any atom is -0.382 e. The average Bonchev–Trinajstić information content (AvgIpc) is 3.00. The molecule has 6 nitrogen and oxygen atoms in total. The number of anilines is 2. The molecule has 0 unspecified atom stereocenters. The minimum absolute atomic E-state index is 0.554. The molecular formula is C18H24N6. The SMILES string of the molecule is CCN1CCC(CNc2c(N)ncc3[nH]c4ncccc4c23)CC1. The molecule has 3 aromatic rings. The van der Waals surface area contributed by atoms with E-state index in [4.69, 9.17) is 5.73 Å². The number of hydrogen-bond acceptors (Lipinski definition) is 5. The van der Waals surface area contributed by atoms with Crippen molar-refractivity contribution in [1.82, 2.24) is 19.9 Å². The van der Waals surface area contributed by atoms with Gasteiger partial charge >= 0.3 is 0 Å². The molecule has 0 saturated carbocycles. The number of pyridine rings is 2. The molecule has 24 heavy (non-hydrogen) atoms. The van der Waals surface area contributed by atoms with Crippen molar-refractivity contribution in [3.05, 3.63) is 24.5 Å². The zero-order valence-corrected chi connectivity index (χ0v) is 14.0. The molecule has 4 N–H and O–H groups in total. The molecule has 0 aromatic carbocycles. The lowest BCUT2D eigenvalue weighted by Crippen LogP contribution is -2.35. The number of nitrogens with two attached hydrogens (primary N) is 1. The third-order valence-electron chi connectivity index (χ3n) is 5.16. The lowest BCUT2D eigenvalue weighted by molar-refractivity contribution is 0.198. The lowest BCUT2D eigenvalue weighted by atomic mass is 9.96. The van der Waals surface area contributed by atoms with E-state index in [1.165, 1.54) is 25.9 Å². The highest BCUT2D eigenvalue weighted by Crippen LogP contribution is 2.33. The van der Waals surface area contributed by atoms with Crippen LogP contribution in [0.2, 0.25) is 0 Å². The first-order valence-electron chi connectivity index (χ1n) is 8.73. The number of hydrogen-bond donors (Lipinski definition) is 3. The standard InChI is InChI=1S/C18H24N6/c1-2-24-8-5-12(6-9-24)10-21-16-15-13-4-3-7-20-18(13)23-14(15)11-22-17(16)19/h3-4,7,11-12,21H,2,5-6,8-10H2,1H3,(H2,19,22)(H,20,23). The molecule has 3 aromatic heterocycles. The van der Waals surface area contributed by atoms with Gasteiger partial charge in [0.15, 0.2) is 0 Å². The Morgan fingerprint density at radius 1 is 1.33 bits per heavy atom. The van der Waals surface area contributed by atoms with Crippen LogP contribution in [0.1, 0.15) is 19.8 Å². The molecule has 0 aliphatic carbocycles. The topological polar surface area (TPSA) is 82.9 Å². The Morgan fingerprint density at radius 3 is 2.96 bits per heavy atom. The highest BCUT2D eigenvalue weighted by Gasteiger charge is 2.19. The van der Waals surface area contributed by atoms with Crippen molar-refractivity contribution in [2.75, 3.05) is 37.2 Å². The minimum atomic E-state index is 0.554. The number of nitrogens with zero attached hydrogens (tertiary/aromatic N) is 3. The summed E-state index contributed by atoms with van der Waals surface area (Å²) in [5.41, 5.74) is 8.96. The van der Waals surface area contributed by atoms with Crippen molar-refractivity contribution in [3.63, 3.8) is 0 Å². The van der Waals surface area contributed by atoms with Gasteiger partial charge in [0.05, 0.1) is 17.4 Å². The quantitative estimate of drug-likeness (QED) is 0.687. The molecule has 0 radical (unpaired) electrons. The third kappa shape index (κ3) is 2.67. The van der Waals surface area contributed by atoms with Gasteiger partial charge in [-0.3, -0.25) is 0 Å². The Bertz CT molecular complexity index is 847.